The summed E-state index contributed by atoms with van der Waals surface area (Å²) in [6, 6.07) is 7.73. The highest BCUT2D eigenvalue weighted by Gasteiger charge is 2.39. The van der Waals surface area contributed by atoms with Crippen molar-refractivity contribution >= 4 is 35.4 Å². The number of rotatable bonds is 16. The highest BCUT2D eigenvalue weighted by molar-refractivity contribution is 6.22. The van der Waals surface area contributed by atoms with E-state index in [1.54, 1.807) is 18.7 Å². The molecule has 58 heavy (non-hydrogen) atoms. The van der Waals surface area contributed by atoms with Crippen LogP contribution in [-0.2, 0) is 35.1 Å². The maximum atomic E-state index is 14.5. The van der Waals surface area contributed by atoms with Gasteiger partial charge in [-0.2, -0.15) is 0 Å². The van der Waals surface area contributed by atoms with E-state index in [1.165, 1.54) is 6.08 Å². The average molecular weight is 802 g/mol. The Labute approximate surface area is 345 Å². The molecular formula is C46H67N5O7. The van der Waals surface area contributed by atoms with Crippen LogP contribution in [0.25, 0.3) is 0 Å². The van der Waals surface area contributed by atoms with Crippen LogP contribution in [0, 0.1) is 17.8 Å². The molecule has 0 spiro atoms. The molecule has 2 fully saturated rings. The van der Waals surface area contributed by atoms with Crippen LogP contribution < -0.4 is 16.0 Å². The Balaban J connectivity index is 1.46. The van der Waals surface area contributed by atoms with Crippen molar-refractivity contribution in [2.75, 3.05) is 26.2 Å². The number of hydrogen-bond acceptors (Lipinski definition) is 8. The van der Waals surface area contributed by atoms with Crippen LogP contribution in [0.15, 0.2) is 65.3 Å². The summed E-state index contributed by atoms with van der Waals surface area (Å²) < 4.78 is 5.53. The zero-order valence-corrected chi connectivity index (χ0v) is 36.2. The second-order valence-corrected chi connectivity index (χ2v) is 18.0. The molecule has 1 aromatic carbocycles. The summed E-state index contributed by atoms with van der Waals surface area (Å²) in [5.41, 5.74) is 1.82. The quantitative estimate of drug-likeness (QED) is 0.139. The first-order valence-corrected chi connectivity index (χ1v) is 21.1. The topological polar surface area (TPSA) is 154 Å². The van der Waals surface area contributed by atoms with Crippen molar-refractivity contribution < 1.29 is 33.5 Å². The van der Waals surface area contributed by atoms with Crippen molar-refractivity contribution in [3.8, 4) is 0 Å². The molecule has 3 aliphatic rings. The zero-order valence-electron chi connectivity index (χ0n) is 36.2. The lowest BCUT2D eigenvalue weighted by atomic mass is 9.88. The lowest BCUT2D eigenvalue weighted by Gasteiger charge is -2.35. The smallest absolute Gasteiger partial charge is 0.408 e. The Kier molecular flexibility index (Phi) is 16.6. The molecule has 0 bridgehead atoms. The van der Waals surface area contributed by atoms with Gasteiger partial charge in [0.05, 0.1) is 12.0 Å². The Bertz CT molecular complexity index is 1730. The molecule has 0 saturated carbocycles. The van der Waals surface area contributed by atoms with Gasteiger partial charge in [0, 0.05) is 35.9 Å². The first-order chi connectivity index (χ1) is 27.3. The molecule has 4 rings (SSSR count). The zero-order chi connectivity index (χ0) is 42.7. The van der Waals surface area contributed by atoms with Crippen LogP contribution in [0.3, 0.4) is 0 Å². The number of hydrogen-bond donors (Lipinski definition) is 3. The third-order valence-corrected chi connectivity index (χ3v) is 11.1. The molecule has 3 N–H and O–H groups in total. The highest BCUT2D eigenvalue weighted by atomic mass is 16.6. The molecule has 12 nitrogen and oxygen atoms in total. The van der Waals surface area contributed by atoms with Crippen molar-refractivity contribution in [1.82, 2.24) is 25.8 Å². The van der Waals surface area contributed by atoms with E-state index < -0.39 is 29.7 Å². The van der Waals surface area contributed by atoms with E-state index in [2.05, 4.69) is 34.7 Å². The Morgan fingerprint density at radius 2 is 1.55 bits per heavy atom. The van der Waals surface area contributed by atoms with E-state index >= 15 is 0 Å². The number of amides is 4. The summed E-state index contributed by atoms with van der Waals surface area (Å²) in [6.45, 7) is 18.9. The van der Waals surface area contributed by atoms with Gasteiger partial charge in [0.1, 0.15) is 17.7 Å². The molecule has 2 aliphatic heterocycles. The third kappa shape index (κ3) is 13.8. The summed E-state index contributed by atoms with van der Waals surface area (Å²) in [5, 5.41) is 9.00. The number of carbonyl (C=O) groups excluding carboxylic acids is 6. The number of piperidine rings is 1. The summed E-state index contributed by atoms with van der Waals surface area (Å²) in [7, 11) is 0. The number of allylic oxidation sites excluding steroid dienone is 3. The molecule has 12 heteroatoms. The number of ether oxygens (including phenoxy) is 1. The van der Waals surface area contributed by atoms with Gasteiger partial charge in [0.15, 0.2) is 11.6 Å². The monoisotopic (exact) mass is 802 g/mol. The summed E-state index contributed by atoms with van der Waals surface area (Å²) >= 11 is 0. The van der Waals surface area contributed by atoms with Gasteiger partial charge in [-0.1, -0.05) is 56.3 Å². The molecule has 318 valence electrons. The number of nitrogens with one attached hydrogen (secondary N) is 3. The Hall–Kier alpha value is -4.58. The van der Waals surface area contributed by atoms with Crippen LogP contribution in [-0.4, -0.2) is 101 Å². The van der Waals surface area contributed by atoms with Crippen LogP contribution in [0.5, 0.6) is 0 Å². The van der Waals surface area contributed by atoms with E-state index in [4.69, 9.17) is 4.74 Å². The first kappa shape index (κ1) is 46.1. The Morgan fingerprint density at radius 3 is 2.17 bits per heavy atom. The van der Waals surface area contributed by atoms with Gasteiger partial charge in [-0.05, 0) is 130 Å². The fourth-order valence-electron chi connectivity index (χ4n) is 7.93. The molecule has 1 aliphatic carbocycles. The molecule has 0 radical (unpaired) electrons. The largest absolute Gasteiger partial charge is 0.444 e. The summed E-state index contributed by atoms with van der Waals surface area (Å²) in [5.74, 6) is -1.17. The van der Waals surface area contributed by atoms with Gasteiger partial charge in [0.2, 0.25) is 17.7 Å². The fraction of sp³-hybridized carbons (Fsp3) is 0.609. The second kappa shape index (κ2) is 20.9. The second-order valence-electron chi connectivity index (χ2n) is 18.0. The molecule has 4 amide bonds. The van der Waals surface area contributed by atoms with Crippen LogP contribution in [0.4, 0.5) is 4.79 Å². The number of carbonyl (C=O) groups is 6. The van der Waals surface area contributed by atoms with E-state index in [1.807, 2.05) is 77.1 Å². The maximum absolute atomic E-state index is 14.5. The third-order valence-electron chi connectivity index (χ3n) is 11.1. The van der Waals surface area contributed by atoms with Gasteiger partial charge in [-0.25, -0.2) is 4.79 Å². The number of Topliss-reactive ketones (excluding diaryl/α,β-unsaturated/α-hetero) is 1. The van der Waals surface area contributed by atoms with Crippen molar-refractivity contribution in [2.24, 2.45) is 17.8 Å². The first-order valence-electron chi connectivity index (χ1n) is 21.1. The predicted molar refractivity (Wildman–Crippen MR) is 226 cm³/mol. The van der Waals surface area contributed by atoms with E-state index in [-0.39, 0.29) is 53.2 Å². The minimum atomic E-state index is -0.782. The van der Waals surface area contributed by atoms with Gasteiger partial charge >= 0.3 is 6.09 Å². The fourth-order valence-corrected chi connectivity index (χ4v) is 7.93. The predicted octanol–water partition coefficient (Wildman–Crippen LogP) is 5.86. The Morgan fingerprint density at radius 1 is 0.879 bits per heavy atom. The van der Waals surface area contributed by atoms with Crippen molar-refractivity contribution in [3.63, 3.8) is 0 Å². The molecule has 2 saturated heterocycles. The number of alkyl carbamates (subject to hydrolysis) is 1. The number of likely N-dealkylation sites (tertiary alicyclic amines) is 2. The lowest BCUT2D eigenvalue weighted by molar-refractivity contribution is -0.141. The van der Waals surface area contributed by atoms with E-state index in [0.29, 0.717) is 75.0 Å². The molecule has 0 unspecified atom stereocenters. The van der Waals surface area contributed by atoms with Crippen LogP contribution >= 0.6 is 0 Å². The summed E-state index contributed by atoms with van der Waals surface area (Å²) in [4.78, 5) is 84.1. The number of benzene rings is 1. The van der Waals surface area contributed by atoms with Gasteiger partial charge in [0.25, 0.3) is 0 Å². The standard InChI is InChI=1S/C46H67N5O7/c1-29(2)24-37(48-45(57)58-46(7,8)9)18-17-35(25-33-14-11-10-12-15-33)44(56)51-21-13-16-39(51)43(55)49-38(42(54)47-30(3)4)26-34-19-22-50(23-20-34)28-36-27-40(52)31(5)32(6)41(36)53/h10-12,14-15,17-18,27,29-30,34-35,37-39H,13,16,19-26,28H2,1-9H3,(H,47,54)(H,48,57)(H,49,55)/b18-17+/t35-,37-,38+,39+/m1/s1. The van der Waals surface area contributed by atoms with E-state index in [0.717, 1.165) is 18.4 Å². The minimum absolute atomic E-state index is 0.0836. The molecule has 4 atom stereocenters. The van der Waals surface area contributed by atoms with Gasteiger partial charge in [-0.15, -0.1) is 0 Å². The van der Waals surface area contributed by atoms with Gasteiger partial charge in [-0.3, -0.25) is 28.9 Å². The van der Waals surface area contributed by atoms with Crippen molar-refractivity contribution in [1.29, 1.82) is 0 Å². The highest BCUT2D eigenvalue weighted by Crippen LogP contribution is 2.27. The van der Waals surface area contributed by atoms with E-state index in [9.17, 15) is 28.8 Å². The normalized spacial score (nSPS) is 20.0. The number of nitrogens with zero attached hydrogens (tertiary/aromatic N) is 2. The van der Waals surface area contributed by atoms with Gasteiger partial charge < -0.3 is 25.6 Å². The van der Waals surface area contributed by atoms with Crippen molar-refractivity contribution in [2.45, 2.75) is 137 Å². The van der Waals surface area contributed by atoms with Crippen LogP contribution in [0.1, 0.15) is 106 Å². The summed E-state index contributed by atoms with van der Waals surface area (Å²) in [6.07, 6.45) is 8.85. The molecule has 0 aromatic heterocycles. The molecular weight excluding hydrogens is 735 g/mol. The molecule has 1 aromatic rings. The molecule has 2 heterocycles. The SMILES string of the molecule is CC1=C(C)C(=O)C(CN2CCC(C[C@H](NC(=O)[C@@H]3CCCN3C(=O)[C@H](/C=C/[C@H](CC(C)C)NC(=O)OC(C)(C)C)Cc3ccccc3)C(=O)NC(C)C)CC2)=CC1=O. The maximum Gasteiger partial charge on any atom is 0.408 e. The van der Waals surface area contributed by atoms with Crippen LogP contribution in [0.2, 0.25) is 0 Å². The number of ketones is 2. The average Bonchev–Trinajstić information content (AvgIpc) is 3.64. The van der Waals surface area contributed by atoms with Crippen molar-refractivity contribution in [3.05, 3.63) is 70.8 Å². The lowest BCUT2D eigenvalue weighted by Crippen LogP contribution is -2.55. The minimum Gasteiger partial charge on any atom is -0.444 e.